The maximum absolute atomic E-state index is 13.0. The zero-order chi connectivity index (χ0) is 25.9. The number of aromatic nitrogens is 2. The Morgan fingerprint density at radius 1 is 1.27 bits per heavy atom. The second-order valence-corrected chi connectivity index (χ2v) is 10.1. The number of benzene rings is 2. The summed E-state index contributed by atoms with van der Waals surface area (Å²) >= 11 is 1.99. The average Bonchev–Trinajstić information content (AvgIpc) is 3.60. The first-order valence-corrected chi connectivity index (χ1v) is 13.0. The molecule has 12 heteroatoms. The van der Waals surface area contributed by atoms with Gasteiger partial charge in [0.15, 0.2) is 10.0 Å². The van der Waals surface area contributed by atoms with Gasteiger partial charge in [-0.25, -0.2) is 0 Å². The molecule has 6 N–H and O–H groups in total. The number of amidine groups is 1. The zero-order valence-electron chi connectivity index (χ0n) is 19.7. The Morgan fingerprint density at radius 3 is 2.81 bits per heavy atom. The Balaban J connectivity index is 1.31. The number of anilines is 3. The number of allylic oxidation sites excluding steroid dienone is 1. The molecule has 3 heterocycles. The van der Waals surface area contributed by atoms with Crippen LogP contribution < -0.4 is 21.9 Å². The molecule has 10 nitrogen and oxygen atoms in total. The molecule has 0 radical (unpaired) electrons. The third-order valence-electron chi connectivity index (χ3n) is 5.76. The van der Waals surface area contributed by atoms with E-state index in [2.05, 4.69) is 30.0 Å². The highest BCUT2D eigenvalue weighted by molar-refractivity contribution is 7.18. The van der Waals surface area contributed by atoms with Gasteiger partial charge in [0, 0.05) is 18.4 Å². The molecule has 5 rings (SSSR count). The lowest BCUT2D eigenvalue weighted by atomic mass is 10.1. The van der Waals surface area contributed by atoms with E-state index in [1.165, 1.54) is 0 Å². The molecule has 188 valence electrons. The van der Waals surface area contributed by atoms with Crippen LogP contribution >= 0.6 is 22.9 Å². The van der Waals surface area contributed by atoms with Gasteiger partial charge in [0.2, 0.25) is 5.88 Å². The first-order valence-electron chi connectivity index (χ1n) is 11.4. The number of H-pyrrole nitrogens is 1. The summed E-state index contributed by atoms with van der Waals surface area (Å²) in [5, 5.41) is 18.9. The molecule has 0 bridgehead atoms. The number of nitrogens with zero attached hydrogens (tertiary/aromatic N) is 3. The smallest absolute Gasteiger partial charge is 0.271 e. The van der Waals surface area contributed by atoms with Crippen LogP contribution in [0.15, 0.2) is 62.8 Å². The van der Waals surface area contributed by atoms with Crippen LogP contribution in [0.3, 0.4) is 0 Å². The number of hydrogen-bond donors (Lipinski definition) is 5. The number of aromatic hydroxyl groups is 1. The summed E-state index contributed by atoms with van der Waals surface area (Å²) in [5.41, 5.74) is 8.60. The second-order valence-electron chi connectivity index (χ2n) is 8.33. The van der Waals surface area contributed by atoms with Crippen molar-refractivity contribution in [1.29, 1.82) is 0 Å². The molecular weight excluding hydrogens is 510 g/mol. The third-order valence-corrected chi connectivity index (χ3v) is 7.51. The zero-order valence-corrected chi connectivity index (χ0v) is 21.4. The maximum Gasteiger partial charge on any atom is 0.271 e. The minimum Gasteiger partial charge on any atom is -0.492 e. The van der Waals surface area contributed by atoms with Crippen LogP contribution in [0.1, 0.15) is 27.2 Å². The lowest BCUT2D eigenvalue weighted by molar-refractivity contribution is 0.102. The van der Waals surface area contributed by atoms with Crippen molar-refractivity contribution in [2.24, 2.45) is 15.7 Å². The standard InChI is InChI=1S/C25H23N7O3S2/c1-13-10-15-4-2-3-5-16(15)11-17(13)29-22(34)19-23(35)30-25(36-19)31-24-18(21(33)32-37-24)20(26)28-9-7-14-6-8-27-12-14/h2-6,8,10-11,35H,7,9,12H2,1H3,(H2,26,28)(H,29,34)(H,30,31)(H,32,33). The summed E-state index contributed by atoms with van der Waals surface area (Å²) in [6, 6.07) is 11.7. The van der Waals surface area contributed by atoms with Crippen molar-refractivity contribution < 1.29 is 9.90 Å². The number of carbonyl (C=O) groups is 1. The van der Waals surface area contributed by atoms with Gasteiger partial charge in [-0.05, 0) is 65.0 Å². The molecule has 2 aromatic heterocycles. The van der Waals surface area contributed by atoms with Crippen LogP contribution in [-0.2, 0) is 0 Å². The van der Waals surface area contributed by atoms with Gasteiger partial charge < -0.3 is 21.5 Å². The van der Waals surface area contributed by atoms with E-state index in [9.17, 15) is 14.7 Å². The van der Waals surface area contributed by atoms with Crippen molar-refractivity contribution in [3.8, 4) is 5.88 Å². The van der Waals surface area contributed by atoms with Crippen LogP contribution in [0.2, 0.25) is 0 Å². The van der Waals surface area contributed by atoms with Crippen molar-refractivity contribution in [1.82, 2.24) is 9.36 Å². The molecule has 0 fully saturated rings. The van der Waals surface area contributed by atoms with E-state index in [0.29, 0.717) is 30.2 Å². The number of thiazole rings is 1. The highest BCUT2D eigenvalue weighted by Crippen LogP contribution is 2.33. The Morgan fingerprint density at radius 2 is 2.05 bits per heavy atom. The van der Waals surface area contributed by atoms with Crippen molar-refractivity contribution in [3.63, 3.8) is 0 Å². The Labute approximate surface area is 219 Å². The van der Waals surface area contributed by atoms with E-state index in [1.807, 2.05) is 49.4 Å². The molecule has 1 amide bonds. The Hall–Kier alpha value is -4.29. The highest BCUT2D eigenvalue weighted by Gasteiger charge is 2.21. The van der Waals surface area contributed by atoms with E-state index in [4.69, 9.17) is 5.73 Å². The molecule has 1 aliphatic rings. The molecule has 1 aliphatic heterocycles. The topological polar surface area (TPSA) is 158 Å². The summed E-state index contributed by atoms with van der Waals surface area (Å²) in [5.74, 6) is -0.813. The van der Waals surface area contributed by atoms with Crippen LogP contribution in [-0.4, -0.2) is 45.5 Å². The monoisotopic (exact) mass is 533 g/mol. The first-order chi connectivity index (χ1) is 17.9. The molecule has 4 aromatic rings. The lowest BCUT2D eigenvalue weighted by Crippen LogP contribution is -2.22. The van der Waals surface area contributed by atoms with Crippen molar-refractivity contribution in [2.45, 2.75) is 13.3 Å². The number of rotatable bonds is 8. The molecule has 0 atom stereocenters. The molecule has 0 aliphatic carbocycles. The van der Waals surface area contributed by atoms with Crippen LogP contribution in [0, 0.1) is 6.92 Å². The van der Waals surface area contributed by atoms with Crippen LogP contribution in [0.5, 0.6) is 5.88 Å². The van der Waals surface area contributed by atoms with E-state index >= 15 is 0 Å². The van der Waals surface area contributed by atoms with Crippen molar-refractivity contribution >= 4 is 67.4 Å². The summed E-state index contributed by atoms with van der Waals surface area (Å²) < 4.78 is 2.63. The Bertz CT molecular complexity index is 1650. The van der Waals surface area contributed by atoms with Gasteiger partial charge in [-0.2, -0.15) is 4.98 Å². The largest absolute Gasteiger partial charge is 0.492 e. The van der Waals surface area contributed by atoms with E-state index in [-0.39, 0.29) is 27.0 Å². The van der Waals surface area contributed by atoms with E-state index < -0.39 is 11.8 Å². The van der Waals surface area contributed by atoms with Crippen LogP contribution in [0.4, 0.5) is 15.8 Å². The number of nitrogens with one attached hydrogen (secondary N) is 3. The quantitative estimate of drug-likeness (QED) is 0.169. The summed E-state index contributed by atoms with van der Waals surface area (Å²) in [6.07, 6.45) is 4.40. The molecule has 0 saturated heterocycles. The van der Waals surface area contributed by atoms with Gasteiger partial charge in [-0.15, -0.1) is 0 Å². The predicted molar refractivity (Wildman–Crippen MR) is 150 cm³/mol. The fourth-order valence-electron chi connectivity index (χ4n) is 3.84. The Kier molecular flexibility index (Phi) is 6.84. The molecule has 0 saturated carbocycles. The van der Waals surface area contributed by atoms with Gasteiger partial charge in [-0.1, -0.05) is 35.6 Å². The summed E-state index contributed by atoms with van der Waals surface area (Å²) in [7, 11) is 0. The molecular formula is C25H23N7O3S2. The SMILES string of the molecule is Cc1cc2ccccc2cc1NC(=O)c1sc(Nc2s[nH]c(=O)c2C(N)=NCCC2=CC=NC2)nc1O. The van der Waals surface area contributed by atoms with Gasteiger partial charge in [0.1, 0.15) is 16.4 Å². The number of fused-ring (bicyclic) bond motifs is 1. The number of nitrogens with two attached hydrogens (primary N) is 1. The molecule has 0 unspecified atom stereocenters. The fourth-order valence-corrected chi connectivity index (χ4v) is 5.41. The number of aliphatic imine (C=N–C) groups is 2. The first kappa shape index (κ1) is 24.4. The molecule has 37 heavy (non-hydrogen) atoms. The molecule has 0 spiro atoms. The molecule has 2 aromatic carbocycles. The predicted octanol–water partition coefficient (Wildman–Crippen LogP) is 4.16. The van der Waals surface area contributed by atoms with E-state index in [0.717, 1.165) is 44.8 Å². The lowest BCUT2D eigenvalue weighted by Gasteiger charge is -2.09. The normalized spacial score (nSPS) is 13.2. The van der Waals surface area contributed by atoms with Gasteiger partial charge in [0.05, 0.1) is 6.54 Å². The number of aryl methyl sites for hydroxylation is 1. The summed E-state index contributed by atoms with van der Waals surface area (Å²) in [4.78, 5) is 37.9. The number of carbonyl (C=O) groups excluding carboxylic acids is 1. The van der Waals surface area contributed by atoms with Gasteiger partial charge >= 0.3 is 0 Å². The highest BCUT2D eigenvalue weighted by atomic mass is 32.1. The van der Waals surface area contributed by atoms with Crippen molar-refractivity contribution in [3.05, 3.63) is 74.4 Å². The minimum atomic E-state index is -0.491. The fraction of sp³-hybridized carbons (Fsp3) is 0.160. The second kappa shape index (κ2) is 10.4. The van der Waals surface area contributed by atoms with Crippen LogP contribution in [0.25, 0.3) is 10.8 Å². The number of hydrogen-bond acceptors (Lipinski definition) is 9. The van der Waals surface area contributed by atoms with Gasteiger partial charge in [-0.3, -0.25) is 23.9 Å². The van der Waals surface area contributed by atoms with Gasteiger partial charge in [0.25, 0.3) is 11.5 Å². The minimum absolute atomic E-state index is 0.0354. The summed E-state index contributed by atoms with van der Waals surface area (Å²) in [6.45, 7) is 2.98. The third kappa shape index (κ3) is 5.29. The number of aromatic amines is 1. The van der Waals surface area contributed by atoms with Crippen molar-refractivity contribution in [2.75, 3.05) is 23.7 Å². The van der Waals surface area contributed by atoms with E-state index in [1.54, 1.807) is 6.21 Å². The number of amides is 1. The maximum atomic E-state index is 13.0. The average molecular weight is 534 g/mol.